The molecule has 1 fully saturated rings. The number of halogens is 2. The Morgan fingerprint density at radius 2 is 2.03 bits per heavy atom. The molecule has 0 bridgehead atoms. The zero-order valence-electron chi connectivity index (χ0n) is 14.7. The molecule has 154 valence electrons. The maximum atomic E-state index is 10.9. The predicted octanol–water partition coefficient (Wildman–Crippen LogP) is 2.48. The Balaban J connectivity index is 1.61. The molecule has 2 unspecified atom stereocenters. The van der Waals surface area contributed by atoms with Crippen LogP contribution in [0.1, 0.15) is 6.04 Å². The molecule has 1 aliphatic rings. The van der Waals surface area contributed by atoms with Crippen molar-refractivity contribution >= 4 is 46.3 Å². The van der Waals surface area contributed by atoms with Crippen LogP contribution in [0, 0.1) is 0 Å². The molecule has 1 aromatic carbocycles. The number of aromatic nitrogens is 4. The Hall–Kier alpha value is -1.24. The van der Waals surface area contributed by atoms with Crippen molar-refractivity contribution in [3.63, 3.8) is 0 Å². The molecule has 29 heavy (non-hydrogen) atoms. The summed E-state index contributed by atoms with van der Waals surface area (Å²) in [5, 5.41) is 42.7. The minimum atomic E-state index is -1.19. The second kappa shape index (κ2) is 8.86. The van der Waals surface area contributed by atoms with Crippen LogP contribution in [0.5, 0.6) is 0 Å². The molecular weight excluding hydrogens is 459 g/mol. The van der Waals surface area contributed by atoms with Crippen molar-refractivity contribution < 1.29 is 20.1 Å². The maximum absolute atomic E-state index is 10.9. The van der Waals surface area contributed by atoms with E-state index >= 15 is 0 Å². The van der Waals surface area contributed by atoms with Gasteiger partial charge in [-0.1, -0.05) is 40.2 Å². The first-order valence-electron chi connectivity index (χ1n) is 8.54. The number of ether oxygens (including phenoxy) is 1. The lowest BCUT2D eigenvalue weighted by molar-refractivity contribution is -0.178. The summed E-state index contributed by atoms with van der Waals surface area (Å²) in [5.41, 5.74) is -0.259. The number of hydrogen-bond acceptors (Lipinski definition) is 9. The lowest BCUT2D eigenvalue weighted by atomic mass is 9.97. The maximum Gasteiger partial charge on any atom is 0.145 e. The summed E-state index contributed by atoms with van der Waals surface area (Å²) in [4.78, 5) is 4.91. The standard InChI is InChI=1S/C17H16Cl2N4O4S2/c18-9-2-1-8(5-10(9)19)29-17-15(26)13(14(25)12(7-24)27-17)23-6-11(21-22-23)16-20-3-4-28-16/h1-6,12-15,17,24-26H,7H2/t12?,13-,14-,15?,17+/m0/s1. The lowest BCUT2D eigenvalue weighted by Crippen LogP contribution is -2.55. The fourth-order valence-electron chi connectivity index (χ4n) is 3.03. The Labute approximate surface area is 184 Å². The molecule has 1 saturated heterocycles. The quantitative estimate of drug-likeness (QED) is 0.516. The van der Waals surface area contributed by atoms with Crippen molar-refractivity contribution in [3.05, 3.63) is 46.0 Å². The van der Waals surface area contributed by atoms with E-state index < -0.39 is 36.4 Å². The smallest absolute Gasteiger partial charge is 0.145 e. The van der Waals surface area contributed by atoms with E-state index in [0.717, 1.165) is 4.90 Å². The van der Waals surface area contributed by atoms with Crippen LogP contribution in [0.15, 0.2) is 40.9 Å². The van der Waals surface area contributed by atoms with Gasteiger partial charge in [-0.15, -0.1) is 16.4 Å². The van der Waals surface area contributed by atoms with E-state index in [1.807, 2.05) is 5.38 Å². The van der Waals surface area contributed by atoms with Crippen LogP contribution in [0.2, 0.25) is 10.0 Å². The van der Waals surface area contributed by atoms with Gasteiger partial charge >= 0.3 is 0 Å². The SMILES string of the molecule is OCC1O[C@H](Sc2ccc(Cl)c(Cl)c2)C(O)[C@@H](n2cc(-c3nccs3)nn2)[C@H]1O. The molecule has 0 radical (unpaired) electrons. The first-order chi connectivity index (χ1) is 14.0. The summed E-state index contributed by atoms with van der Waals surface area (Å²) in [7, 11) is 0. The normalized spacial score (nSPS) is 27.3. The molecule has 3 N–H and O–H groups in total. The molecule has 0 spiro atoms. The van der Waals surface area contributed by atoms with Crippen molar-refractivity contribution in [1.29, 1.82) is 0 Å². The second-order valence-corrected chi connectivity index (χ2v) is 9.19. The van der Waals surface area contributed by atoms with Crippen LogP contribution in [-0.4, -0.2) is 65.7 Å². The van der Waals surface area contributed by atoms with Gasteiger partial charge in [0.1, 0.15) is 40.5 Å². The van der Waals surface area contributed by atoms with Gasteiger partial charge in [0.05, 0.1) is 22.8 Å². The molecular formula is C17H16Cl2N4O4S2. The Morgan fingerprint density at radius 1 is 1.21 bits per heavy atom. The highest BCUT2D eigenvalue weighted by Gasteiger charge is 2.46. The summed E-state index contributed by atoms with van der Waals surface area (Å²) in [5.74, 6) is 0. The van der Waals surface area contributed by atoms with E-state index in [-0.39, 0.29) is 0 Å². The van der Waals surface area contributed by atoms with Crippen LogP contribution in [0.4, 0.5) is 0 Å². The van der Waals surface area contributed by atoms with E-state index in [4.69, 9.17) is 27.9 Å². The first kappa shape index (κ1) is 21.0. The van der Waals surface area contributed by atoms with E-state index in [1.165, 1.54) is 27.8 Å². The number of thioether (sulfide) groups is 1. The summed E-state index contributed by atoms with van der Waals surface area (Å²) < 4.78 is 7.12. The van der Waals surface area contributed by atoms with Gasteiger partial charge < -0.3 is 20.1 Å². The zero-order valence-corrected chi connectivity index (χ0v) is 17.8. The van der Waals surface area contributed by atoms with Crippen molar-refractivity contribution in [2.75, 3.05) is 6.61 Å². The topological polar surface area (TPSA) is 114 Å². The highest BCUT2D eigenvalue weighted by Crippen LogP contribution is 2.39. The molecule has 8 nitrogen and oxygen atoms in total. The summed E-state index contributed by atoms with van der Waals surface area (Å²) in [6, 6.07) is 4.19. The Morgan fingerprint density at radius 3 is 2.72 bits per heavy atom. The fourth-order valence-corrected chi connectivity index (χ4v) is 5.08. The lowest BCUT2D eigenvalue weighted by Gasteiger charge is -2.41. The van der Waals surface area contributed by atoms with Crippen LogP contribution >= 0.6 is 46.3 Å². The highest BCUT2D eigenvalue weighted by atomic mass is 35.5. The van der Waals surface area contributed by atoms with E-state index in [1.54, 1.807) is 30.6 Å². The molecule has 0 amide bonds. The van der Waals surface area contributed by atoms with Gasteiger partial charge in [0.15, 0.2) is 0 Å². The van der Waals surface area contributed by atoms with E-state index in [0.29, 0.717) is 20.7 Å². The van der Waals surface area contributed by atoms with Crippen molar-refractivity contribution in [1.82, 2.24) is 20.0 Å². The Kier molecular flexibility index (Phi) is 6.42. The first-order valence-corrected chi connectivity index (χ1v) is 11.1. The average Bonchev–Trinajstić information content (AvgIpc) is 3.39. The minimum absolute atomic E-state index is 0.377. The Bertz CT molecular complexity index is 974. The van der Waals surface area contributed by atoms with Crippen LogP contribution in [-0.2, 0) is 4.74 Å². The van der Waals surface area contributed by atoms with Gasteiger partial charge in [0, 0.05) is 16.5 Å². The fraction of sp³-hybridized carbons (Fsp3) is 0.353. The van der Waals surface area contributed by atoms with Gasteiger partial charge in [0.25, 0.3) is 0 Å². The van der Waals surface area contributed by atoms with E-state index in [9.17, 15) is 15.3 Å². The molecule has 5 atom stereocenters. The molecule has 0 aliphatic carbocycles. The molecule has 3 heterocycles. The number of aliphatic hydroxyl groups is 3. The number of aliphatic hydroxyl groups excluding tert-OH is 3. The number of thiazole rings is 1. The average molecular weight is 475 g/mol. The van der Waals surface area contributed by atoms with Crippen molar-refractivity contribution in [3.8, 4) is 10.7 Å². The summed E-state index contributed by atoms with van der Waals surface area (Å²) in [6.07, 6.45) is 0.0280. The number of hydrogen-bond donors (Lipinski definition) is 3. The molecule has 1 aliphatic heterocycles. The van der Waals surface area contributed by atoms with Gasteiger partial charge in [0.2, 0.25) is 0 Å². The largest absolute Gasteiger partial charge is 0.394 e. The predicted molar refractivity (Wildman–Crippen MR) is 110 cm³/mol. The van der Waals surface area contributed by atoms with Crippen LogP contribution in [0.3, 0.4) is 0 Å². The molecule has 4 rings (SSSR count). The van der Waals surface area contributed by atoms with Crippen molar-refractivity contribution in [2.45, 2.75) is 34.7 Å². The van der Waals surface area contributed by atoms with Crippen LogP contribution < -0.4 is 0 Å². The van der Waals surface area contributed by atoms with Crippen LogP contribution in [0.25, 0.3) is 10.7 Å². The van der Waals surface area contributed by atoms with Gasteiger partial charge in [-0.2, -0.15) is 0 Å². The molecule has 12 heteroatoms. The van der Waals surface area contributed by atoms with Gasteiger partial charge in [-0.05, 0) is 18.2 Å². The summed E-state index contributed by atoms with van der Waals surface area (Å²) in [6.45, 7) is -0.420. The third kappa shape index (κ3) is 4.30. The third-order valence-electron chi connectivity index (χ3n) is 4.46. The number of rotatable bonds is 5. The monoisotopic (exact) mass is 474 g/mol. The van der Waals surface area contributed by atoms with Gasteiger partial charge in [-0.3, -0.25) is 0 Å². The van der Waals surface area contributed by atoms with Crippen molar-refractivity contribution in [2.24, 2.45) is 0 Å². The number of benzene rings is 1. The second-order valence-electron chi connectivity index (χ2n) is 6.31. The molecule has 2 aromatic heterocycles. The van der Waals surface area contributed by atoms with Gasteiger partial charge in [-0.25, -0.2) is 9.67 Å². The molecule has 0 saturated carbocycles. The highest BCUT2D eigenvalue weighted by molar-refractivity contribution is 7.99. The molecule has 3 aromatic rings. The zero-order chi connectivity index (χ0) is 20.5. The number of nitrogens with zero attached hydrogens (tertiary/aromatic N) is 4. The van der Waals surface area contributed by atoms with E-state index in [2.05, 4.69) is 15.3 Å². The summed E-state index contributed by atoms with van der Waals surface area (Å²) >= 11 is 14.6. The third-order valence-corrected chi connectivity index (χ3v) is 7.14. The minimum Gasteiger partial charge on any atom is -0.394 e.